The predicted molar refractivity (Wildman–Crippen MR) is 311 cm³/mol. The molecule has 382 valence electrons. The number of ether oxygens (including phenoxy) is 4. The third-order valence-corrected chi connectivity index (χ3v) is 15.8. The molecule has 0 unspecified atom stereocenters. The number of hydrogen-bond donors (Lipinski definition) is 0. The Morgan fingerprint density at radius 1 is 0.329 bits per heavy atom. The highest BCUT2D eigenvalue weighted by Gasteiger charge is 2.46. The average Bonchev–Trinajstić information content (AvgIpc) is 3.69. The largest absolute Gasteiger partial charge is 0.456 e. The fourth-order valence-corrected chi connectivity index (χ4v) is 11.2. The molecule has 10 aromatic rings. The van der Waals surface area contributed by atoms with E-state index in [1.54, 1.807) is 48.5 Å². The summed E-state index contributed by atoms with van der Waals surface area (Å²) in [6, 6.07) is 80.1. The first-order valence-electron chi connectivity index (χ1n) is 25.7. The van der Waals surface area contributed by atoms with Gasteiger partial charge in [0, 0.05) is 10.8 Å². The fourth-order valence-electron chi connectivity index (χ4n) is 10.8. The molecule has 0 N–H and O–H groups in total. The number of rotatable bonds is 14. The van der Waals surface area contributed by atoms with Crippen LogP contribution < -0.4 is 18.9 Å². The van der Waals surface area contributed by atoms with E-state index < -0.39 is 5.41 Å². The van der Waals surface area contributed by atoms with E-state index in [9.17, 15) is 15.8 Å². The summed E-state index contributed by atoms with van der Waals surface area (Å²) in [6.45, 7) is 8.81. The molecule has 11 rings (SSSR count). The zero-order valence-corrected chi connectivity index (χ0v) is 45.1. The molecule has 0 amide bonds. The third-order valence-electron chi connectivity index (χ3n) is 15.2. The van der Waals surface area contributed by atoms with Crippen LogP contribution in [0.15, 0.2) is 224 Å². The standard InChI is InChI=1S/C70H49Cl2N3O4/c1-68(2,47-26-34-51(35-27-47)76-64-18-9-16-62(71)57(64)42-73)45-22-24-46(25-23-45)69(3,4)48-28-36-52(37-29-48)78-66-20-11-21-67(59(66)44-75)79-54-40-32-50(33-41-54)70(60-14-7-5-12-55(60)56-13-6-8-15-61(56)70)49-30-38-53(39-31-49)77-65-19-10-17-63(72)58(65)43-74/h5-41H,1-4H3. The number of hydrogen-bond acceptors (Lipinski definition) is 7. The highest BCUT2D eigenvalue weighted by Crippen LogP contribution is 2.56. The Labute approximate surface area is 470 Å². The van der Waals surface area contributed by atoms with Crippen LogP contribution in [-0.2, 0) is 16.2 Å². The number of halogens is 2. The van der Waals surface area contributed by atoms with Crippen LogP contribution in [0, 0.1) is 34.0 Å². The summed E-state index contributed by atoms with van der Waals surface area (Å²) in [6.07, 6.45) is 0. The Hall–Kier alpha value is -9.55. The predicted octanol–water partition coefficient (Wildman–Crippen LogP) is 18.8. The first-order chi connectivity index (χ1) is 38.3. The van der Waals surface area contributed by atoms with Gasteiger partial charge in [-0.2, -0.15) is 15.8 Å². The lowest BCUT2D eigenvalue weighted by atomic mass is 9.68. The summed E-state index contributed by atoms with van der Waals surface area (Å²) in [5.41, 5.74) is 10.7. The van der Waals surface area contributed by atoms with Crippen molar-refractivity contribution in [3.63, 3.8) is 0 Å². The van der Waals surface area contributed by atoms with Gasteiger partial charge in [-0.25, -0.2) is 0 Å². The molecule has 0 spiro atoms. The summed E-state index contributed by atoms with van der Waals surface area (Å²) in [5, 5.41) is 30.6. The second kappa shape index (κ2) is 21.1. The molecule has 9 heteroatoms. The molecule has 79 heavy (non-hydrogen) atoms. The Morgan fingerprint density at radius 3 is 0.937 bits per heavy atom. The van der Waals surface area contributed by atoms with Crippen molar-refractivity contribution in [3.05, 3.63) is 296 Å². The minimum absolute atomic E-state index is 0.270. The lowest BCUT2D eigenvalue weighted by Crippen LogP contribution is -2.28. The molecule has 0 fully saturated rings. The molecular weight excluding hydrogens is 1020 g/mol. The summed E-state index contributed by atoms with van der Waals surface area (Å²) in [4.78, 5) is 0. The Morgan fingerprint density at radius 2 is 0.608 bits per heavy atom. The van der Waals surface area contributed by atoms with E-state index in [1.165, 1.54) is 0 Å². The number of fused-ring (bicyclic) bond motifs is 3. The van der Waals surface area contributed by atoms with E-state index in [-0.39, 0.29) is 22.0 Å². The summed E-state index contributed by atoms with van der Waals surface area (Å²) < 4.78 is 25.2. The molecule has 10 aromatic carbocycles. The summed E-state index contributed by atoms with van der Waals surface area (Å²) in [5.74, 6) is 3.88. The third kappa shape index (κ3) is 9.49. The highest BCUT2D eigenvalue weighted by atomic mass is 35.5. The Kier molecular flexibility index (Phi) is 13.8. The van der Waals surface area contributed by atoms with E-state index in [0.717, 1.165) is 55.6 Å². The van der Waals surface area contributed by atoms with Gasteiger partial charge in [-0.1, -0.05) is 190 Å². The fraction of sp³-hybridized carbons (Fsp3) is 0.100. The van der Waals surface area contributed by atoms with Crippen molar-refractivity contribution in [1.82, 2.24) is 0 Å². The van der Waals surface area contributed by atoms with Crippen molar-refractivity contribution < 1.29 is 18.9 Å². The average molecular weight is 1070 g/mol. The molecule has 7 nitrogen and oxygen atoms in total. The Bertz CT molecular complexity index is 4010. The van der Waals surface area contributed by atoms with E-state index in [2.05, 4.69) is 167 Å². The van der Waals surface area contributed by atoms with Crippen LogP contribution in [0.2, 0.25) is 10.0 Å². The maximum absolute atomic E-state index is 10.6. The number of nitrogens with zero attached hydrogens (tertiary/aromatic N) is 3. The smallest absolute Gasteiger partial charge is 0.149 e. The van der Waals surface area contributed by atoms with E-state index in [0.29, 0.717) is 61.6 Å². The van der Waals surface area contributed by atoms with Gasteiger partial charge in [-0.15, -0.1) is 0 Å². The molecule has 1 aliphatic carbocycles. The number of benzene rings is 10. The van der Waals surface area contributed by atoms with Gasteiger partial charge in [0.2, 0.25) is 0 Å². The van der Waals surface area contributed by atoms with Gasteiger partial charge in [0.05, 0.1) is 15.5 Å². The molecule has 0 bridgehead atoms. The van der Waals surface area contributed by atoms with Crippen molar-refractivity contribution in [2.75, 3.05) is 0 Å². The Balaban J connectivity index is 0.801. The van der Waals surface area contributed by atoms with Crippen molar-refractivity contribution in [2.24, 2.45) is 0 Å². The molecule has 0 heterocycles. The zero-order chi connectivity index (χ0) is 54.9. The maximum atomic E-state index is 10.6. The second-order valence-corrected chi connectivity index (χ2v) is 21.2. The lowest BCUT2D eigenvalue weighted by molar-refractivity contribution is 0.457. The van der Waals surface area contributed by atoms with Crippen LogP contribution in [0.5, 0.6) is 46.0 Å². The van der Waals surface area contributed by atoms with Gasteiger partial charge in [-0.05, 0) is 141 Å². The van der Waals surface area contributed by atoms with Gasteiger partial charge in [-0.3, -0.25) is 0 Å². The molecule has 0 radical (unpaired) electrons. The van der Waals surface area contributed by atoms with Gasteiger partial charge < -0.3 is 18.9 Å². The highest BCUT2D eigenvalue weighted by molar-refractivity contribution is 6.32. The van der Waals surface area contributed by atoms with Crippen LogP contribution in [0.4, 0.5) is 0 Å². The van der Waals surface area contributed by atoms with E-state index >= 15 is 0 Å². The first kappa shape index (κ1) is 51.6. The van der Waals surface area contributed by atoms with Crippen LogP contribution in [0.25, 0.3) is 11.1 Å². The molecule has 0 saturated carbocycles. The zero-order valence-electron chi connectivity index (χ0n) is 43.6. The van der Waals surface area contributed by atoms with E-state index in [4.69, 9.17) is 42.1 Å². The first-order valence-corrected chi connectivity index (χ1v) is 26.4. The van der Waals surface area contributed by atoms with Crippen LogP contribution >= 0.6 is 23.2 Å². The van der Waals surface area contributed by atoms with Crippen molar-refractivity contribution in [2.45, 2.75) is 43.9 Å². The minimum atomic E-state index is -0.700. The summed E-state index contributed by atoms with van der Waals surface area (Å²) in [7, 11) is 0. The maximum Gasteiger partial charge on any atom is 0.149 e. The molecule has 0 atom stereocenters. The molecule has 0 aromatic heterocycles. The minimum Gasteiger partial charge on any atom is -0.456 e. The van der Waals surface area contributed by atoms with Crippen molar-refractivity contribution in [1.29, 1.82) is 15.8 Å². The molecule has 1 aliphatic rings. The SMILES string of the molecule is CC(C)(c1ccc(Oc2cccc(Cl)c2C#N)cc1)c1ccc(C(C)(C)c2ccc(Oc3cccc(Oc4ccc(C5(c6ccc(Oc7cccc(Cl)c7C#N)cc6)c6ccccc6-c6ccccc65)cc4)c3C#N)cc2)cc1. The topological polar surface area (TPSA) is 108 Å². The number of nitriles is 3. The van der Waals surface area contributed by atoms with E-state index in [1.807, 2.05) is 54.6 Å². The lowest BCUT2D eigenvalue weighted by Gasteiger charge is -2.34. The van der Waals surface area contributed by atoms with Crippen LogP contribution in [0.3, 0.4) is 0 Å². The molecule has 0 aliphatic heterocycles. The molecular formula is C70H49Cl2N3O4. The molecule has 0 saturated heterocycles. The van der Waals surface area contributed by atoms with Gasteiger partial charge in [0.15, 0.2) is 0 Å². The monoisotopic (exact) mass is 1070 g/mol. The summed E-state index contributed by atoms with van der Waals surface area (Å²) >= 11 is 12.6. The van der Waals surface area contributed by atoms with Gasteiger partial charge in [0.25, 0.3) is 0 Å². The normalized spacial score (nSPS) is 12.2. The van der Waals surface area contributed by atoms with Gasteiger partial charge in [0.1, 0.15) is 80.9 Å². The van der Waals surface area contributed by atoms with Crippen molar-refractivity contribution >= 4 is 23.2 Å². The second-order valence-electron chi connectivity index (χ2n) is 20.4. The van der Waals surface area contributed by atoms with Crippen LogP contribution in [0.1, 0.15) is 88.9 Å². The van der Waals surface area contributed by atoms with Gasteiger partial charge >= 0.3 is 0 Å². The van der Waals surface area contributed by atoms with Crippen LogP contribution in [-0.4, -0.2) is 0 Å². The van der Waals surface area contributed by atoms with Crippen molar-refractivity contribution in [3.8, 4) is 75.3 Å². The quantitative estimate of drug-likeness (QED) is 0.107.